The monoisotopic (exact) mass is 1030 g/mol. The lowest BCUT2D eigenvalue weighted by atomic mass is 10.2. The summed E-state index contributed by atoms with van der Waals surface area (Å²) in [7, 11) is -7.56. The van der Waals surface area contributed by atoms with E-state index in [1.807, 2.05) is 59.1 Å². The van der Waals surface area contributed by atoms with Crippen LogP contribution < -0.4 is 17.7 Å². The van der Waals surface area contributed by atoms with Crippen LogP contribution in [0.4, 0.5) is 0 Å². The average molecular weight is 1030 g/mol. The fourth-order valence-electron chi connectivity index (χ4n) is 8.39. The number of furan rings is 2. The van der Waals surface area contributed by atoms with Crippen molar-refractivity contribution in [2.45, 2.75) is 127 Å². The molecule has 0 aliphatic heterocycles. The number of fused-ring (bicyclic) bond motifs is 4. The number of thioether (sulfide) groups is 2. The van der Waals surface area contributed by atoms with Crippen molar-refractivity contribution in [1.29, 1.82) is 0 Å². The quantitative estimate of drug-likeness (QED) is 0.0622. The maximum Gasteiger partial charge on any atom is 0.250 e. The molecule has 4 aromatic heterocycles. The summed E-state index contributed by atoms with van der Waals surface area (Å²) < 4.78 is 43.0. The number of hydrogen-bond acceptors (Lipinski definition) is 10. The van der Waals surface area contributed by atoms with Crippen LogP contribution in [-0.2, 0) is 0 Å². The predicted octanol–water partition coefficient (Wildman–Crippen LogP) is 19.3. The summed E-state index contributed by atoms with van der Waals surface area (Å²) in [5.41, 5.74) is 1.63. The number of hydrogen-bond donors (Lipinski definition) is 0. The first kappa shape index (κ1) is 50.5. The molecule has 0 radical (unpaired) electrons. The van der Waals surface area contributed by atoms with E-state index in [1.54, 1.807) is 23.5 Å². The fourth-order valence-corrected chi connectivity index (χ4v) is 18.5. The molecule has 6 nitrogen and oxygen atoms in total. The summed E-state index contributed by atoms with van der Waals surface area (Å²) in [5.74, 6) is 5.02. The van der Waals surface area contributed by atoms with Crippen LogP contribution in [0.1, 0.15) is 41.5 Å². The molecule has 66 heavy (non-hydrogen) atoms. The third-order valence-corrected chi connectivity index (χ3v) is 27.1. The minimum absolute atomic E-state index is 0.658. The van der Waals surface area contributed by atoms with Crippen LogP contribution in [-0.4, -0.2) is 45.8 Å². The molecule has 8 rings (SSSR count). The van der Waals surface area contributed by atoms with Crippen LogP contribution in [0.2, 0.25) is 75.5 Å². The molecule has 8 aromatic rings. The third-order valence-electron chi connectivity index (χ3n) is 12.5. The normalized spacial score (nSPS) is 12.6. The highest BCUT2D eigenvalue weighted by Gasteiger charge is 2.38. The van der Waals surface area contributed by atoms with Crippen molar-refractivity contribution in [3.63, 3.8) is 0 Å². The Hall–Kier alpha value is -3.35. The first-order valence-corrected chi connectivity index (χ1v) is 39.4. The van der Waals surface area contributed by atoms with Gasteiger partial charge in [-0.2, -0.15) is 0 Å². The fraction of sp³-hybridized carbons (Fsp3) is 0.385. The lowest BCUT2D eigenvalue weighted by Gasteiger charge is -2.30. The van der Waals surface area contributed by atoms with Gasteiger partial charge in [-0.25, -0.2) is 0 Å². The molecular weight excluding hydrogens is 961 g/mol. The van der Waals surface area contributed by atoms with E-state index >= 15 is 0 Å². The van der Waals surface area contributed by atoms with E-state index in [-0.39, 0.29) is 0 Å². The first-order valence-electron chi connectivity index (χ1n) is 23.5. The molecule has 0 spiro atoms. The molecule has 0 aliphatic carbocycles. The van der Waals surface area contributed by atoms with Gasteiger partial charge in [-0.1, -0.05) is 65.8 Å². The zero-order chi connectivity index (χ0) is 47.6. The van der Waals surface area contributed by atoms with Gasteiger partial charge in [0.2, 0.25) is 28.2 Å². The van der Waals surface area contributed by atoms with Crippen molar-refractivity contribution >= 4 is 122 Å². The summed E-state index contributed by atoms with van der Waals surface area (Å²) >= 11 is 7.21. The Balaban J connectivity index is 0.000000197. The van der Waals surface area contributed by atoms with Crippen LogP contribution in [0.3, 0.4) is 0 Å². The molecule has 0 aliphatic rings. The van der Waals surface area contributed by atoms with Gasteiger partial charge in [-0.3, -0.25) is 0 Å². The zero-order valence-electron chi connectivity index (χ0n) is 41.4. The molecule has 4 heterocycles. The maximum absolute atomic E-state index is 6.99. The Bertz CT molecular complexity index is 2710. The minimum Gasteiger partial charge on any atom is -0.543 e. The molecule has 0 saturated heterocycles. The summed E-state index contributed by atoms with van der Waals surface area (Å²) in [6, 6.07) is 36.1. The predicted molar refractivity (Wildman–Crippen MR) is 301 cm³/mol. The van der Waals surface area contributed by atoms with Gasteiger partial charge < -0.3 is 26.5 Å². The molecule has 0 saturated carbocycles. The van der Waals surface area contributed by atoms with Crippen molar-refractivity contribution in [3.05, 3.63) is 84.9 Å². The highest BCUT2D eigenvalue weighted by atomic mass is 32.2. The number of benzene rings is 4. The van der Waals surface area contributed by atoms with E-state index in [0.717, 1.165) is 81.2 Å². The zero-order valence-corrected chi connectivity index (χ0v) is 48.7. The highest BCUT2D eigenvalue weighted by Crippen LogP contribution is 2.55. The molecule has 0 atom stereocenters. The lowest BCUT2D eigenvalue weighted by molar-refractivity contribution is 0.489. The van der Waals surface area contributed by atoms with E-state index < -0.39 is 33.3 Å². The van der Waals surface area contributed by atoms with E-state index in [1.165, 1.54) is 39.7 Å². The van der Waals surface area contributed by atoms with Gasteiger partial charge in [0.1, 0.15) is 22.7 Å². The molecule has 0 unspecified atom stereocenters. The smallest absolute Gasteiger partial charge is 0.250 e. The summed E-state index contributed by atoms with van der Waals surface area (Å²) in [4.78, 5) is 4.95. The second-order valence-electron chi connectivity index (χ2n) is 18.9. The van der Waals surface area contributed by atoms with Crippen LogP contribution in [0.5, 0.6) is 23.0 Å². The standard InChI is InChI=1S/C28H38O4Si2.C24H30O2S4Si2/c1-7-33(8-2,9-3)31-25-21-17-13-15-19-23(21)29-27(25)28-26(32-34(10-4,11-5)12-6)22-18-14-16-20-24(22)30-28;1-27-15-9-11-19-17(13-15)21(25-31(3,4)5)23(29-19)24-22(26-32(6,7)8)18-14-16(28-2)10-12-20(18)30-24/h13-20H,7-12H2,1-6H3;9-14H,1-8H3. The first-order chi connectivity index (χ1) is 31.5. The van der Waals surface area contributed by atoms with E-state index in [2.05, 4.69) is 142 Å². The molecule has 0 bridgehead atoms. The van der Waals surface area contributed by atoms with Crippen molar-refractivity contribution in [2.24, 2.45) is 0 Å². The van der Waals surface area contributed by atoms with Gasteiger partial charge >= 0.3 is 0 Å². The van der Waals surface area contributed by atoms with Gasteiger partial charge in [-0.05, 0) is 149 Å². The van der Waals surface area contributed by atoms with Gasteiger partial charge in [0.15, 0.2) is 11.5 Å². The molecule has 0 N–H and O–H groups in total. The second kappa shape index (κ2) is 20.7. The van der Waals surface area contributed by atoms with Crippen molar-refractivity contribution in [1.82, 2.24) is 0 Å². The molecule has 0 fully saturated rings. The lowest BCUT2D eigenvalue weighted by Crippen LogP contribution is -2.39. The Morgan fingerprint density at radius 1 is 0.439 bits per heavy atom. The molecule has 0 amide bonds. The number of rotatable bonds is 18. The van der Waals surface area contributed by atoms with E-state index in [0.29, 0.717) is 11.5 Å². The summed E-state index contributed by atoms with van der Waals surface area (Å²) in [6.45, 7) is 27.1. The van der Waals surface area contributed by atoms with Crippen molar-refractivity contribution in [3.8, 4) is 44.3 Å². The van der Waals surface area contributed by atoms with Crippen LogP contribution in [0.15, 0.2) is 104 Å². The third kappa shape index (κ3) is 10.6. The molecule has 14 heteroatoms. The topological polar surface area (TPSA) is 63.2 Å². The Morgan fingerprint density at radius 3 is 1.11 bits per heavy atom. The van der Waals surface area contributed by atoms with Gasteiger partial charge in [-0.15, -0.1) is 46.2 Å². The molecule has 352 valence electrons. The SMILES string of the molecule is CC[Si](CC)(CC)Oc1c(-c2oc3ccccc3c2O[Si](CC)(CC)CC)oc2ccccc12.CSc1ccc2sc(-c3sc4ccc(SC)cc4c3O[Si](C)(C)C)c(O[Si](C)(C)C)c2c1. The molecule has 4 aromatic carbocycles. The van der Waals surface area contributed by atoms with Crippen molar-refractivity contribution in [2.75, 3.05) is 12.5 Å². The van der Waals surface area contributed by atoms with Gasteiger partial charge in [0.25, 0.3) is 16.6 Å². The minimum atomic E-state index is -1.96. The number of thiophene rings is 2. The second-order valence-corrected chi connectivity index (χ2v) is 41.0. The Labute approximate surface area is 413 Å². The average Bonchev–Trinajstić information content (AvgIpc) is 4.06. The highest BCUT2D eigenvalue weighted by molar-refractivity contribution is 7.98. The van der Waals surface area contributed by atoms with E-state index in [9.17, 15) is 0 Å². The maximum atomic E-state index is 6.99. The van der Waals surface area contributed by atoms with Crippen molar-refractivity contribution < 1.29 is 26.5 Å². The Kier molecular flexibility index (Phi) is 15.8. The van der Waals surface area contributed by atoms with Crippen LogP contribution >= 0.6 is 46.2 Å². The number of para-hydroxylation sites is 2. The largest absolute Gasteiger partial charge is 0.543 e. The van der Waals surface area contributed by atoms with Gasteiger partial charge in [0, 0.05) is 30.0 Å². The summed E-state index contributed by atoms with van der Waals surface area (Å²) in [6.07, 6.45) is 4.26. The van der Waals surface area contributed by atoms with Crippen LogP contribution in [0.25, 0.3) is 63.4 Å². The molecular formula is C52H68O6S4Si4. The Morgan fingerprint density at radius 2 is 0.788 bits per heavy atom. The summed E-state index contributed by atoms with van der Waals surface area (Å²) in [5, 5.41) is 4.45. The van der Waals surface area contributed by atoms with E-state index in [4.69, 9.17) is 26.5 Å². The van der Waals surface area contributed by atoms with Gasteiger partial charge in [0.05, 0.1) is 20.5 Å². The van der Waals surface area contributed by atoms with Crippen LogP contribution in [0, 0.1) is 0 Å².